The maximum atomic E-state index is 3.70. The number of piperazine rings is 1. The van der Waals surface area contributed by atoms with Crippen LogP contribution in [-0.2, 0) is 6.42 Å². The van der Waals surface area contributed by atoms with Gasteiger partial charge in [0.2, 0.25) is 0 Å². The molecule has 0 radical (unpaired) electrons. The van der Waals surface area contributed by atoms with Gasteiger partial charge in [0.1, 0.15) is 0 Å². The lowest BCUT2D eigenvalue weighted by Gasteiger charge is -2.38. The average Bonchev–Trinajstić information content (AvgIpc) is 2.65. The molecule has 1 aliphatic rings. The Morgan fingerprint density at radius 3 is 2.28 bits per heavy atom. The van der Waals surface area contributed by atoms with Crippen molar-refractivity contribution in [2.75, 3.05) is 46.3 Å². The molecule has 3 rings (SSSR count). The number of benzene rings is 2. The van der Waals surface area contributed by atoms with Gasteiger partial charge < -0.3 is 10.2 Å². The van der Waals surface area contributed by atoms with E-state index in [1.165, 1.54) is 16.7 Å². The third-order valence-electron chi connectivity index (χ3n) is 5.21. The van der Waals surface area contributed by atoms with Gasteiger partial charge in [-0.1, -0.05) is 60.2 Å². The van der Waals surface area contributed by atoms with E-state index in [-0.39, 0.29) is 0 Å². The predicted octanol–water partition coefficient (Wildman–Crippen LogP) is 3.12. The molecule has 2 aromatic rings. The highest BCUT2D eigenvalue weighted by Crippen LogP contribution is 2.21. The van der Waals surface area contributed by atoms with Crippen LogP contribution in [0.3, 0.4) is 0 Å². The van der Waals surface area contributed by atoms with Crippen LogP contribution < -0.4 is 5.32 Å². The average molecular weight is 338 g/mol. The highest BCUT2D eigenvalue weighted by molar-refractivity contribution is 5.22. The second-order valence-corrected chi connectivity index (χ2v) is 7.21. The topological polar surface area (TPSA) is 18.5 Å². The quantitative estimate of drug-likeness (QED) is 0.783. The Kier molecular flexibility index (Phi) is 6.62. The number of nitrogens with zero attached hydrogens (tertiary/aromatic N) is 2. The molecule has 0 amide bonds. The van der Waals surface area contributed by atoms with Crippen LogP contribution in [0.25, 0.3) is 0 Å². The van der Waals surface area contributed by atoms with Gasteiger partial charge >= 0.3 is 0 Å². The Labute approximate surface area is 152 Å². The maximum absolute atomic E-state index is 3.70. The first-order valence-electron chi connectivity index (χ1n) is 9.46. The van der Waals surface area contributed by atoms with Gasteiger partial charge in [0.25, 0.3) is 0 Å². The molecule has 1 fully saturated rings. The summed E-state index contributed by atoms with van der Waals surface area (Å²) < 4.78 is 0. The summed E-state index contributed by atoms with van der Waals surface area (Å²) in [6.45, 7) is 8.80. The van der Waals surface area contributed by atoms with Crippen LogP contribution in [-0.4, -0.2) is 56.1 Å². The lowest BCUT2D eigenvalue weighted by atomic mass is 10.0. The molecule has 1 N–H and O–H groups in total. The number of nitrogens with one attached hydrogen (secondary N) is 1. The van der Waals surface area contributed by atoms with Gasteiger partial charge in [-0.05, 0) is 38.1 Å². The van der Waals surface area contributed by atoms with Crippen LogP contribution >= 0.6 is 0 Å². The molecular formula is C22H31N3. The molecular weight excluding hydrogens is 306 g/mol. The second-order valence-electron chi connectivity index (χ2n) is 7.21. The van der Waals surface area contributed by atoms with Crippen LogP contribution in [0, 0.1) is 6.92 Å². The monoisotopic (exact) mass is 337 g/mol. The third kappa shape index (κ3) is 5.40. The van der Waals surface area contributed by atoms with Crippen LogP contribution in [0.1, 0.15) is 22.7 Å². The van der Waals surface area contributed by atoms with E-state index in [0.29, 0.717) is 6.04 Å². The number of likely N-dealkylation sites (N-methyl/N-ethyl adjacent to an activating group) is 1. The summed E-state index contributed by atoms with van der Waals surface area (Å²) in [6, 6.07) is 20.3. The van der Waals surface area contributed by atoms with Gasteiger partial charge in [-0.25, -0.2) is 0 Å². The maximum Gasteiger partial charge on any atom is 0.0473 e. The summed E-state index contributed by atoms with van der Waals surface area (Å²) in [5, 5.41) is 3.70. The van der Waals surface area contributed by atoms with Crippen LogP contribution in [0.5, 0.6) is 0 Å². The Balaban J connectivity index is 1.55. The van der Waals surface area contributed by atoms with Gasteiger partial charge in [0.05, 0.1) is 0 Å². The number of hydrogen-bond acceptors (Lipinski definition) is 3. The van der Waals surface area contributed by atoms with E-state index >= 15 is 0 Å². The van der Waals surface area contributed by atoms with E-state index in [0.717, 1.165) is 45.7 Å². The molecule has 3 nitrogen and oxygen atoms in total. The molecule has 134 valence electrons. The summed E-state index contributed by atoms with van der Waals surface area (Å²) in [7, 11) is 2.22. The highest BCUT2D eigenvalue weighted by atomic mass is 15.3. The smallest absolute Gasteiger partial charge is 0.0473 e. The van der Waals surface area contributed by atoms with E-state index in [1.54, 1.807) is 0 Å². The fraction of sp³-hybridized carbons (Fsp3) is 0.455. The molecule has 0 bridgehead atoms. The van der Waals surface area contributed by atoms with Gasteiger partial charge in [0.15, 0.2) is 0 Å². The zero-order valence-corrected chi connectivity index (χ0v) is 15.6. The summed E-state index contributed by atoms with van der Waals surface area (Å²) in [5.41, 5.74) is 4.17. The number of aryl methyl sites for hydroxylation is 1. The summed E-state index contributed by atoms with van der Waals surface area (Å²) in [4.78, 5) is 5.05. The lowest BCUT2D eigenvalue weighted by molar-refractivity contribution is 0.110. The first kappa shape index (κ1) is 18.1. The fourth-order valence-corrected chi connectivity index (χ4v) is 3.49. The molecule has 0 aromatic heterocycles. The Bertz CT molecular complexity index is 615. The lowest BCUT2D eigenvalue weighted by Crippen LogP contribution is -2.48. The molecule has 0 spiro atoms. The van der Waals surface area contributed by atoms with Crippen molar-refractivity contribution in [2.24, 2.45) is 0 Å². The van der Waals surface area contributed by atoms with E-state index < -0.39 is 0 Å². The standard InChI is InChI=1S/C22H31N3/c1-19-8-10-20(11-9-19)12-13-23-18-22(21-6-4-3-5-7-21)25-16-14-24(2)15-17-25/h3-11,22-23H,12-18H2,1-2H3. The zero-order valence-electron chi connectivity index (χ0n) is 15.6. The van der Waals surface area contributed by atoms with E-state index in [4.69, 9.17) is 0 Å². The molecule has 1 saturated heterocycles. The Hall–Kier alpha value is -1.68. The zero-order chi connectivity index (χ0) is 17.5. The Morgan fingerprint density at radius 1 is 0.920 bits per heavy atom. The van der Waals surface area contributed by atoms with Gasteiger partial charge in [-0.2, -0.15) is 0 Å². The van der Waals surface area contributed by atoms with Crippen LogP contribution in [0.15, 0.2) is 54.6 Å². The minimum atomic E-state index is 0.466. The molecule has 0 saturated carbocycles. The minimum absolute atomic E-state index is 0.466. The molecule has 1 heterocycles. The summed E-state index contributed by atoms with van der Waals surface area (Å²) in [6.07, 6.45) is 1.09. The molecule has 3 heteroatoms. The number of rotatable bonds is 7. The van der Waals surface area contributed by atoms with Crippen molar-refractivity contribution in [3.63, 3.8) is 0 Å². The molecule has 0 aliphatic carbocycles. The molecule has 1 atom stereocenters. The fourth-order valence-electron chi connectivity index (χ4n) is 3.49. The summed E-state index contributed by atoms with van der Waals surface area (Å²) >= 11 is 0. The van der Waals surface area contributed by atoms with Crippen LogP contribution in [0.4, 0.5) is 0 Å². The Morgan fingerprint density at radius 2 is 1.60 bits per heavy atom. The van der Waals surface area contributed by atoms with Crippen molar-refractivity contribution in [1.29, 1.82) is 0 Å². The van der Waals surface area contributed by atoms with Crippen molar-refractivity contribution in [3.8, 4) is 0 Å². The molecule has 1 aliphatic heterocycles. The number of hydrogen-bond donors (Lipinski definition) is 1. The second kappa shape index (κ2) is 9.14. The normalized spacial score (nSPS) is 17.5. The van der Waals surface area contributed by atoms with E-state index in [2.05, 4.69) is 83.7 Å². The van der Waals surface area contributed by atoms with Crippen molar-refractivity contribution in [3.05, 3.63) is 71.3 Å². The molecule has 25 heavy (non-hydrogen) atoms. The first-order chi connectivity index (χ1) is 12.2. The third-order valence-corrected chi connectivity index (χ3v) is 5.21. The largest absolute Gasteiger partial charge is 0.314 e. The van der Waals surface area contributed by atoms with Gasteiger partial charge in [0, 0.05) is 38.8 Å². The highest BCUT2D eigenvalue weighted by Gasteiger charge is 2.23. The van der Waals surface area contributed by atoms with Crippen LogP contribution in [0.2, 0.25) is 0 Å². The predicted molar refractivity (Wildman–Crippen MR) is 106 cm³/mol. The molecule has 1 unspecified atom stereocenters. The SMILES string of the molecule is Cc1ccc(CCNCC(c2ccccc2)N2CCN(C)CC2)cc1. The van der Waals surface area contributed by atoms with E-state index in [1.807, 2.05) is 0 Å². The van der Waals surface area contributed by atoms with E-state index in [9.17, 15) is 0 Å². The summed E-state index contributed by atoms with van der Waals surface area (Å²) in [5.74, 6) is 0. The van der Waals surface area contributed by atoms with Gasteiger partial charge in [-0.3, -0.25) is 4.90 Å². The van der Waals surface area contributed by atoms with Crippen molar-refractivity contribution >= 4 is 0 Å². The van der Waals surface area contributed by atoms with Crippen molar-refractivity contribution < 1.29 is 0 Å². The van der Waals surface area contributed by atoms with Gasteiger partial charge in [-0.15, -0.1) is 0 Å². The van der Waals surface area contributed by atoms with Crippen molar-refractivity contribution in [1.82, 2.24) is 15.1 Å². The molecule has 2 aromatic carbocycles. The van der Waals surface area contributed by atoms with Crippen molar-refractivity contribution in [2.45, 2.75) is 19.4 Å². The first-order valence-corrected chi connectivity index (χ1v) is 9.46. The minimum Gasteiger partial charge on any atom is -0.314 e.